The van der Waals surface area contributed by atoms with E-state index in [0.29, 0.717) is 11.4 Å². The molecule has 1 saturated heterocycles. The molecule has 1 fully saturated rings. The number of nitrogens with one attached hydrogen (secondary N) is 2. The van der Waals surface area contributed by atoms with Crippen LogP contribution >= 0.6 is 0 Å². The van der Waals surface area contributed by atoms with Gasteiger partial charge in [0.15, 0.2) is 0 Å². The van der Waals surface area contributed by atoms with E-state index in [0.717, 1.165) is 0 Å². The molecule has 0 aliphatic carbocycles. The summed E-state index contributed by atoms with van der Waals surface area (Å²) in [6.07, 6.45) is 0. The molecule has 2 N–H and O–H groups in total. The molecular formula is C18H24N6O6S2. The molecule has 0 amide bonds. The Balaban J connectivity index is 2.01. The molecule has 0 spiro atoms. The van der Waals surface area contributed by atoms with E-state index < -0.39 is 24.9 Å². The summed E-state index contributed by atoms with van der Waals surface area (Å²) in [6, 6.07) is 7.03. The maximum absolute atomic E-state index is 13.1. The predicted octanol–water partition coefficient (Wildman–Crippen LogP) is 0.422. The van der Waals surface area contributed by atoms with Gasteiger partial charge in [0.1, 0.15) is 9.79 Å². The van der Waals surface area contributed by atoms with Crippen molar-refractivity contribution in [1.29, 1.82) is 0 Å². The van der Waals surface area contributed by atoms with Crippen LogP contribution in [0.2, 0.25) is 0 Å². The van der Waals surface area contributed by atoms with Crippen LogP contribution in [0.1, 0.15) is 11.4 Å². The fourth-order valence-corrected chi connectivity index (χ4v) is 6.13. The Morgan fingerprint density at radius 3 is 2.25 bits per heavy atom. The second-order valence-corrected chi connectivity index (χ2v) is 10.3. The lowest BCUT2D eigenvalue weighted by Crippen LogP contribution is -2.41. The van der Waals surface area contributed by atoms with Gasteiger partial charge in [-0.2, -0.15) is 12.7 Å². The number of nitrogens with zero attached hydrogens (tertiary/aromatic N) is 4. The standard InChI is InChI=1S/C18H24N6O6S2/c1-13-12-14(2)20-17(19-13)21-18(22-29-3)23-31(25,26)15-6-4-5-7-16(15)32(27,28)24-8-10-30-11-9-24/h4-7,12H,8-11H2,1-3H3,(H2,19,20,21,22,23). The topological polar surface area (TPSA) is 152 Å². The van der Waals surface area contributed by atoms with Gasteiger partial charge in [0, 0.05) is 24.5 Å². The molecule has 0 radical (unpaired) electrons. The van der Waals surface area contributed by atoms with Crippen molar-refractivity contribution in [3.05, 3.63) is 41.7 Å². The van der Waals surface area contributed by atoms with Gasteiger partial charge in [-0.05, 0) is 32.0 Å². The van der Waals surface area contributed by atoms with Crippen LogP contribution in [0.5, 0.6) is 0 Å². The van der Waals surface area contributed by atoms with E-state index in [2.05, 4.69) is 25.2 Å². The molecule has 2 heterocycles. The number of aromatic nitrogens is 2. The van der Waals surface area contributed by atoms with Crippen molar-refractivity contribution in [1.82, 2.24) is 19.8 Å². The van der Waals surface area contributed by atoms with Gasteiger partial charge in [-0.15, -0.1) is 4.40 Å². The Bertz CT molecular complexity index is 1190. The quantitative estimate of drug-likeness (QED) is 0.335. The van der Waals surface area contributed by atoms with E-state index in [4.69, 9.17) is 9.57 Å². The van der Waals surface area contributed by atoms with E-state index >= 15 is 0 Å². The molecule has 3 rings (SSSR count). The van der Waals surface area contributed by atoms with Crippen LogP contribution in [0.15, 0.2) is 44.5 Å². The third kappa shape index (κ3) is 5.58. The first-order valence-corrected chi connectivity index (χ1v) is 12.4. The number of benzene rings is 1. The van der Waals surface area contributed by atoms with Crippen molar-refractivity contribution in [2.45, 2.75) is 23.6 Å². The minimum absolute atomic E-state index is 0.0928. The Hall–Kier alpha value is -2.65. The molecule has 1 aromatic heterocycles. The van der Waals surface area contributed by atoms with E-state index in [-0.39, 0.29) is 43.1 Å². The number of hydrogen-bond acceptors (Lipinski definition) is 8. The molecule has 32 heavy (non-hydrogen) atoms. The number of hydroxylamine groups is 1. The zero-order valence-electron chi connectivity index (χ0n) is 17.8. The van der Waals surface area contributed by atoms with E-state index in [1.165, 1.54) is 35.7 Å². The Morgan fingerprint density at radius 1 is 1.06 bits per heavy atom. The Kier molecular flexibility index (Phi) is 7.40. The normalized spacial score (nSPS) is 16.0. The summed E-state index contributed by atoms with van der Waals surface area (Å²) < 4.78 is 62.5. The zero-order valence-corrected chi connectivity index (χ0v) is 19.4. The second-order valence-electron chi connectivity index (χ2n) is 6.78. The number of morpholine rings is 1. The molecule has 0 atom stereocenters. The number of guanidine groups is 1. The highest BCUT2D eigenvalue weighted by atomic mass is 32.2. The molecule has 1 aromatic carbocycles. The van der Waals surface area contributed by atoms with E-state index in [1.54, 1.807) is 19.9 Å². The van der Waals surface area contributed by atoms with E-state index in [9.17, 15) is 16.8 Å². The van der Waals surface area contributed by atoms with Gasteiger partial charge >= 0.3 is 0 Å². The first kappa shape index (κ1) is 24.0. The van der Waals surface area contributed by atoms with Crippen molar-refractivity contribution in [2.24, 2.45) is 4.40 Å². The highest BCUT2D eigenvalue weighted by molar-refractivity contribution is 7.92. The molecule has 0 saturated carbocycles. The summed E-state index contributed by atoms with van der Waals surface area (Å²) in [5, 5.41) is 2.65. The minimum Gasteiger partial charge on any atom is -0.379 e. The van der Waals surface area contributed by atoms with Crippen molar-refractivity contribution < 1.29 is 26.4 Å². The van der Waals surface area contributed by atoms with Crippen molar-refractivity contribution in [3.8, 4) is 0 Å². The van der Waals surface area contributed by atoms with Gasteiger partial charge in [0.25, 0.3) is 10.0 Å². The maximum atomic E-state index is 13.1. The highest BCUT2D eigenvalue weighted by Crippen LogP contribution is 2.26. The highest BCUT2D eigenvalue weighted by Gasteiger charge is 2.32. The monoisotopic (exact) mass is 484 g/mol. The van der Waals surface area contributed by atoms with Gasteiger partial charge in [-0.3, -0.25) is 10.2 Å². The molecule has 174 valence electrons. The molecule has 2 aromatic rings. The third-order valence-electron chi connectivity index (χ3n) is 4.34. The largest absolute Gasteiger partial charge is 0.379 e. The van der Waals surface area contributed by atoms with Gasteiger partial charge in [-0.1, -0.05) is 12.1 Å². The summed E-state index contributed by atoms with van der Waals surface area (Å²) in [6.45, 7) is 4.22. The first-order valence-electron chi connectivity index (χ1n) is 9.53. The van der Waals surface area contributed by atoms with Crippen LogP contribution in [0, 0.1) is 13.8 Å². The van der Waals surface area contributed by atoms with Crippen molar-refractivity contribution >= 4 is 32.0 Å². The average molecular weight is 485 g/mol. The summed E-state index contributed by atoms with van der Waals surface area (Å²) in [5.41, 5.74) is 3.63. The zero-order chi connectivity index (χ0) is 23.4. The fourth-order valence-electron chi connectivity index (χ4n) is 3.02. The molecule has 12 nitrogen and oxygen atoms in total. The minimum atomic E-state index is -4.48. The summed E-state index contributed by atoms with van der Waals surface area (Å²) in [5.74, 6) is -0.244. The summed E-state index contributed by atoms with van der Waals surface area (Å²) in [4.78, 5) is 12.3. The lowest BCUT2D eigenvalue weighted by molar-refractivity contribution is 0.0729. The van der Waals surface area contributed by atoms with Gasteiger partial charge in [-0.25, -0.2) is 23.9 Å². The molecular weight excluding hydrogens is 460 g/mol. The lowest BCUT2D eigenvalue weighted by Gasteiger charge is -2.26. The molecule has 1 aliphatic heterocycles. The van der Waals surface area contributed by atoms with E-state index in [1.807, 2.05) is 0 Å². The first-order chi connectivity index (χ1) is 15.1. The Morgan fingerprint density at radius 2 is 1.66 bits per heavy atom. The number of aryl methyl sites for hydroxylation is 2. The van der Waals surface area contributed by atoms with Crippen LogP contribution in [0.4, 0.5) is 5.95 Å². The molecule has 14 heteroatoms. The van der Waals surface area contributed by atoms with Crippen LogP contribution in [-0.4, -0.2) is 70.5 Å². The number of hydrogen-bond donors (Lipinski definition) is 2. The van der Waals surface area contributed by atoms with Gasteiger partial charge < -0.3 is 4.74 Å². The smallest absolute Gasteiger partial charge is 0.286 e. The summed E-state index contributed by atoms with van der Waals surface area (Å²) >= 11 is 0. The number of ether oxygens (including phenoxy) is 1. The fraction of sp³-hybridized carbons (Fsp3) is 0.389. The van der Waals surface area contributed by atoms with Crippen LogP contribution < -0.4 is 10.8 Å². The number of sulfonamides is 2. The van der Waals surface area contributed by atoms with Gasteiger partial charge in [0.05, 0.1) is 20.3 Å². The average Bonchev–Trinajstić information content (AvgIpc) is 2.73. The van der Waals surface area contributed by atoms with Crippen molar-refractivity contribution in [2.75, 3.05) is 38.7 Å². The maximum Gasteiger partial charge on any atom is 0.286 e. The van der Waals surface area contributed by atoms with Crippen LogP contribution in [-0.2, 0) is 29.6 Å². The SMILES string of the molecule is CONC(=NS(=O)(=O)c1ccccc1S(=O)(=O)N1CCOCC1)Nc1nc(C)cc(C)n1. The van der Waals surface area contributed by atoms with Gasteiger partial charge in [0.2, 0.25) is 21.9 Å². The van der Waals surface area contributed by atoms with Crippen LogP contribution in [0.25, 0.3) is 0 Å². The van der Waals surface area contributed by atoms with Crippen molar-refractivity contribution in [3.63, 3.8) is 0 Å². The Labute approximate surface area is 186 Å². The lowest BCUT2D eigenvalue weighted by atomic mass is 10.4. The number of rotatable bonds is 6. The molecule has 1 aliphatic rings. The molecule has 0 unspecified atom stereocenters. The second kappa shape index (κ2) is 9.87. The molecule has 0 bridgehead atoms. The predicted molar refractivity (Wildman–Crippen MR) is 116 cm³/mol. The van der Waals surface area contributed by atoms with Crippen LogP contribution in [0.3, 0.4) is 0 Å². The summed E-state index contributed by atoms with van der Waals surface area (Å²) in [7, 11) is -7.30. The number of anilines is 1. The third-order valence-corrected chi connectivity index (χ3v) is 7.76.